The molecule has 0 aromatic heterocycles. The van der Waals surface area contributed by atoms with Crippen molar-refractivity contribution in [2.45, 2.75) is 71.1 Å². The molecular formula is C14H26. The molecule has 0 radical (unpaired) electrons. The van der Waals surface area contributed by atoms with Crippen molar-refractivity contribution in [3.63, 3.8) is 0 Å². The molecule has 3 aliphatic rings. The average Bonchev–Trinajstić information content (AvgIpc) is 2.08. The summed E-state index contributed by atoms with van der Waals surface area (Å²) in [5, 5.41) is 0. The Morgan fingerprint density at radius 1 is 0.714 bits per heavy atom. The first-order valence-electron chi connectivity index (χ1n) is 6.86. The summed E-state index contributed by atoms with van der Waals surface area (Å²) in [5.41, 5.74) is 0. The molecule has 1 unspecified atom stereocenters. The lowest BCUT2D eigenvalue weighted by Crippen LogP contribution is -2.29. The van der Waals surface area contributed by atoms with Gasteiger partial charge in [-0.1, -0.05) is 58.3 Å². The van der Waals surface area contributed by atoms with Crippen LogP contribution in [0, 0.1) is 17.8 Å². The van der Waals surface area contributed by atoms with Crippen molar-refractivity contribution in [3.8, 4) is 0 Å². The minimum absolute atomic E-state index is 1.03. The normalized spacial score (nSPS) is 40.5. The predicted octanol–water partition coefficient (Wildman–Crippen LogP) is 4.78. The van der Waals surface area contributed by atoms with Crippen LogP contribution < -0.4 is 0 Å². The van der Waals surface area contributed by atoms with E-state index in [2.05, 4.69) is 6.92 Å². The van der Waals surface area contributed by atoms with Crippen LogP contribution in [0.2, 0.25) is 0 Å². The Labute approximate surface area is 89.5 Å². The molecule has 0 heteroatoms. The molecule has 3 saturated carbocycles. The molecule has 0 aromatic rings. The molecule has 3 aliphatic carbocycles. The zero-order chi connectivity index (χ0) is 9.80. The van der Waals surface area contributed by atoms with Crippen molar-refractivity contribution in [2.24, 2.45) is 17.8 Å². The van der Waals surface area contributed by atoms with Crippen molar-refractivity contribution < 1.29 is 0 Å². The third-order valence-electron chi connectivity index (χ3n) is 4.60. The average molecular weight is 194 g/mol. The van der Waals surface area contributed by atoms with Crippen LogP contribution in [-0.2, 0) is 0 Å². The summed E-state index contributed by atoms with van der Waals surface area (Å²) < 4.78 is 0. The lowest BCUT2D eigenvalue weighted by molar-refractivity contribution is 0.114. The molecule has 0 aliphatic heterocycles. The van der Waals surface area contributed by atoms with Gasteiger partial charge in [0.1, 0.15) is 0 Å². The second-order valence-electron chi connectivity index (χ2n) is 5.77. The monoisotopic (exact) mass is 194 g/mol. The topological polar surface area (TPSA) is 0 Å². The van der Waals surface area contributed by atoms with Gasteiger partial charge in [-0.15, -0.1) is 0 Å². The van der Waals surface area contributed by atoms with E-state index in [-0.39, 0.29) is 0 Å². The van der Waals surface area contributed by atoms with Gasteiger partial charge in [0.2, 0.25) is 0 Å². The molecule has 2 bridgehead atoms. The Kier molecular flexibility index (Phi) is 3.89. The molecule has 0 N–H and O–H groups in total. The lowest BCUT2D eigenvalue weighted by atomic mass is 9.66. The fourth-order valence-electron chi connectivity index (χ4n) is 3.33. The summed E-state index contributed by atoms with van der Waals surface area (Å²) >= 11 is 0. The first kappa shape index (κ1) is 10.5. The van der Waals surface area contributed by atoms with Gasteiger partial charge in [0.05, 0.1) is 0 Å². The van der Waals surface area contributed by atoms with Gasteiger partial charge in [0.25, 0.3) is 0 Å². The summed E-state index contributed by atoms with van der Waals surface area (Å²) in [5.74, 6) is 3.27. The van der Waals surface area contributed by atoms with Crippen molar-refractivity contribution in [3.05, 3.63) is 0 Å². The molecule has 0 saturated heterocycles. The summed E-state index contributed by atoms with van der Waals surface area (Å²) in [6.45, 7) is 2.49. The molecule has 3 rings (SSSR count). The van der Waals surface area contributed by atoms with Gasteiger partial charge in [-0.25, -0.2) is 0 Å². The van der Waals surface area contributed by atoms with E-state index in [9.17, 15) is 0 Å². The summed E-state index contributed by atoms with van der Waals surface area (Å²) in [4.78, 5) is 0. The van der Waals surface area contributed by atoms with Crippen LogP contribution in [0.25, 0.3) is 0 Å². The first-order valence-corrected chi connectivity index (χ1v) is 6.86. The highest BCUT2D eigenvalue weighted by Crippen LogP contribution is 2.43. The van der Waals surface area contributed by atoms with Gasteiger partial charge in [-0.2, -0.15) is 0 Å². The Balaban J connectivity index is 1.76. The Morgan fingerprint density at radius 3 is 2.00 bits per heavy atom. The number of hydrogen-bond donors (Lipinski definition) is 0. The molecule has 0 nitrogen and oxygen atoms in total. The van der Waals surface area contributed by atoms with Crippen LogP contribution in [0.15, 0.2) is 0 Å². The van der Waals surface area contributed by atoms with Crippen molar-refractivity contribution in [2.75, 3.05) is 0 Å². The maximum atomic E-state index is 2.49. The quantitative estimate of drug-likeness (QED) is 0.520. The van der Waals surface area contributed by atoms with Crippen LogP contribution in [0.1, 0.15) is 71.1 Å². The van der Waals surface area contributed by atoms with Gasteiger partial charge in [-0.05, 0) is 30.6 Å². The second-order valence-corrected chi connectivity index (χ2v) is 5.77. The van der Waals surface area contributed by atoms with E-state index < -0.39 is 0 Å². The zero-order valence-corrected chi connectivity index (χ0v) is 9.80. The van der Waals surface area contributed by atoms with Gasteiger partial charge in [-0.3, -0.25) is 0 Å². The van der Waals surface area contributed by atoms with Gasteiger partial charge >= 0.3 is 0 Å². The van der Waals surface area contributed by atoms with Gasteiger partial charge in [0, 0.05) is 0 Å². The Hall–Kier alpha value is 0. The largest absolute Gasteiger partial charge is 0.0622 e. The highest BCUT2D eigenvalue weighted by Gasteiger charge is 2.31. The zero-order valence-electron chi connectivity index (χ0n) is 9.80. The van der Waals surface area contributed by atoms with E-state index in [0.717, 1.165) is 17.8 Å². The molecule has 3 fully saturated rings. The smallest absolute Gasteiger partial charge is 0.0383 e. The summed E-state index contributed by atoms with van der Waals surface area (Å²) in [7, 11) is 0. The highest BCUT2D eigenvalue weighted by molar-refractivity contribution is 4.83. The van der Waals surface area contributed by atoms with E-state index in [4.69, 9.17) is 0 Å². The van der Waals surface area contributed by atoms with Crippen LogP contribution >= 0.6 is 0 Å². The standard InChI is InChI=1S/C14H26/c1-12-8-6-4-2-3-5-7-9-13-10-14(12)11-13/h12-14H,2-11H2,1H3. The fourth-order valence-corrected chi connectivity index (χ4v) is 3.33. The lowest BCUT2D eigenvalue weighted by Gasteiger charge is -2.40. The second kappa shape index (κ2) is 5.19. The van der Waals surface area contributed by atoms with Crippen LogP contribution in [0.3, 0.4) is 0 Å². The number of rotatable bonds is 0. The molecule has 0 aromatic carbocycles. The Bertz CT molecular complexity index is 153. The summed E-state index contributed by atoms with van der Waals surface area (Å²) in [6.07, 6.45) is 15.2. The SMILES string of the molecule is CC1CCCCCCCCC2CC1C2. The van der Waals surface area contributed by atoms with Crippen molar-refractivity contribution in [1.29, 1.82) is 0 Å². The van der Waals surface area contributed by atoms with E-state index >= 15 is 0 Å². The Morgan fingerprint density at radius 2 is 1.29 bits per heavy atom. The van der Waals surface area contributed by atoms with Gasteiger partial charge in [0.15, 0.2) is 0 Å². The van der Waals surface area contributed by atoms with E-state index in [1.54, 1.807) is 19.3 Å². The van der Waals surface area contributed by atoms with Crippen LogP contribution in [0.5, 0.6) is 0 Å². The van der Waals surface area contributed by atoms with Crippen molar-refractivity contribution >= 4 is 0 Å². The maximum absolute atomic E-state index is 2.49. The van der Waals surface area contributed by atoms with Crippen molar-refractivity contribution in [1.82, 2.24) is 0 Å². The molecule has 0 spiro atoms. The molecule has 1 atom stereocenters. The third-order valence-corrected chi connectivity index (χ3v) is 4.60. The van der Waals surface area contributed by atoms with Gasteiger partial charge < -0.3 is 0 Å². The fraction of sp³-hybridized carbons (Fsp3) is 1.00. The first-order chi connectivity index (χ1) is 6.86. The van der Waals surface area contributed by atoms with E-state index in [0.29, 0.717) is 0 Å². The number of fused-ring (bicyclic) bond motifs is 8. The molecule has 14 heavy (non-hydrogen) atoms. The summed E-state index contributed by atoms with van der Waals surface area (Å²) in [6, 6.07) is 0. The molecule has 0 heterocycles. The predicted molar refractivity (Wildman–Crippen MR) is 62.3 cm³/mol. The molecule has 82 valence electrons. The van der Waals surface area contributed by atoms with E-state index in [1.807, 2.05) is 0 Å². The third kappa shape index (κ3) is 2.74. The minimum Gasteiger partial charge on any atom is -0.0622 e. The van der Waals surface area contributed by atoms with Crippen LogP contribution in [-0.4, -0.2) is 0 Å². The van der Waals surface area contributed by atoms with Crippen LogP contribution in [0.4, 0.5) is 0 Å². The molecule has 0 amide bonds. The van der Waals surface area contributed by atoms with E-state index in [1.165, 1.54) is 44.9 Å². The highest BCUT2D eigenvalue weighted by atomic mass is 14.4. The maximum Gasteiger partial charge on any atom is -0.0383 e. The minimum atomic E-state index is 1.03. The molecular weight excluding hydrogens is 168 g/mol. The number of hydrogen-bond acceptors (Lipinski definition) is 0.